The van der Waals surface area contributed by atoms with E-state index < -0.39 is 11.9 Å². The predicted octanol–water partition coefficient (Wildman–Crippen LogP) is 1.91. The van der Waals surface area contributed by atoms with Crippen LogP contribution in [-0.2, 0) is 0 Å². The number of nitrogen functional groups attached to an aromatic ring is 1. The fraction of sp³-hybridized carbons (Fsp3) is 0.500. The quantitative estimate of drug-likeness (QED) is 0.605. The first-order chi connectivity index (χ1) is 9.55. The number of hydrogen-bond donors (Lipinski definition) is 4. The lowest BCUT2D eigenvalue weighted by Gasteiger charge is -2.21. The first kappa shape index (κ1) is 14.5. The van der Waals surface area contributed by atoms with Crippen molar-refractivity contribution in [3.63, 3.8) is 0 Å². The van der Waals surface area contributed by atoms with Gasteiger partial charge in [-0.2, -0.15) is 0 Å². The molecule has 1 heterocycles. The molecule has 2 rings (SSSR count). The van der Waals surface area contributed by atoms with Crippen LogP contribution >= 0.6 is 0 Å². The normalized spacial score (nSPS) is 13.0. The average molecular weight is 279 g/mol. The summed E-state index contributed by atoms with van der Waals surface area (Å²) in [6.07, 6.45) is 1.44. The van der Waals surface area contributed by atoms with E-state index in [0.29, 0.717) is 29.0 Å². The Hall–Kier alpha value is -1.95. The summed E-state index contributed by atoms with van der Waals surface area (Å²) in [5.41, 5.74) is 8.08. The van der Waals surface area contributed by atoms with E-state index in [-0.39, 0.29) is 5.92 Å². The Bertz CT molecular complexity index is 628. The Morgan fingerprint density at radius 3 is 2.75 bits per heavy atom. The zero-order chi connectivity index (χ0) is 14.7. The minimum Gasteiger partial charge on any atom is -0.408 e. The third-order valence-electron chi connectivity index (χ3n) is 3.69. The molecule has 5 N–H and O–H groups in total. The lowest BCUT2D eigenvalue weighted by Crippen LogP contribution is -2.27. The van der Waals surface area contributed by atoms with Gasteiger partial charge in [0.1, 0.15) is 0 Å². The molecule has 0 aliphatic carbocycles. The average Bonchev–Trinajstić information content (AvgIpc) is 2.76. The second kappa shape index (κ2) is 6.00. The second-order valence-corrected chi connectivity index (χ2v) is 4.97. The van der Waals surface area contributed by atoms with E-state index in [0.717, 1.165) is 12.8 Å². The first-order valence-electron chi connectivity index (χ1n) is 6.89. The Labute approximate surface area is 117 Å². The number of anilines is 2. The van der Waals surface area contributed by atoms with Gasteiger partial charge >= 0.3 is 5.76 Å². The molecule has 0 aliphatic heterocycles. The maximum atomic E-state index is 11.1. The van der Waals surface area contributed by atoms with Crippen molar-refractivity contribution >= 4 is 22.5 Å². The molecule has 0 radical (unpaired) electrons. The molecule has 0 saturated heterocycles. The zero-order valence-corrected chi connectivity index (χ0v) is 11.8. The van der Waals surface area contributed by atoms with Crippen LogP contribution in [0, 0.1) is 5.92 Å². The monoisotopic (exact) mass is 279 g/mol. The van der Waals surface area contributed by atoms with Gasteiger partial charge in [0.2, 0.25) is 0 Å². The summed E-state index contributed by atoms with van der Waals surface area (Å²) in [4.78, 5) is 13.7. The zero-order valence-electron chi connectivity index (χ0n) is 11.8. The number of H-pyrrole nitrogens is 1. The Kier molecular flexibility index (Phi) is 4.34. The smallest absolute Gasteiger partial charge is 0.408 e. The number of nitrogens with one attached hydrogen (secondary N) is 2. The molecule has 0 fully saturated rings. The largest absolute Gasteiger partial charge is 0.417 e. The number of aromatic nitrogens is 1. The van der Waals surface area contributed by atoms with Gasteiger partial charge in [-0.1, -0.05) is 26.7 Å². The molecule has 6 heteroatoms. The molecule has 1 aromatic heterocycles. The van der Waals surface area contributed by atoms with Crippen molar-refractivity contribution in [3.05, 3.63) is 22.7 Å². The summed E-state index contributed by atoms with van der Waals surface area (Å²) in [6.45, 7) is 4.55. The highest BCUT2D eigenvalue weighted by Gasteiger charge is 2.15. The number of oxazole rings is 1. The number of fused-ring (bicyclic) bond motifs is 1. The number of aromatic amines is 1. The third kappa shape index (κ3) is 2.96. The molecule has 0 spiro atoms. The molecule has 0 aliphatic rings. The van der Waals surface area contributed by atoms with Crippen molar-refractivity contribution in [2.75, 3.05) is 17.6 Å². The minimum absolute atomic E-state index is 0.265. The van der Waals surface area contributed by atoms with Gasteiger partial charge in [0.15, 0.2) is 5.58 Å². The van der Waals surface area contributed by atoms with Crippen molar-refractivity contribution in [2.24, 2.45) is 5.92 Å². The Morgan fingerprint density at radius 2 is 2.10 bits per heavy atom. The van der Waals surface area contributed by atoms with E-state index in [2.05, 4.69) is 24.1 Å². The molecule has 0 saturated carbocycles. The van der Waals surface area contributed by atoms with E-state index in [1.54, 1.807) is 12.1 Å². The third-order valence-corrected chi connectivity index (χ3v) is 3.69. The molecule has 6 nitrogen and oxygen atoms in total. The molecular formula is C14H21N3O3. The van der Waals surface area contributed by atoms with Crippen LogP contribution in [0.25, 0.3) is 11.1 Å². The molecule has 20 heavy (non-hydrogen) atoms. The number of rotatable bonds is 6. The van der Waals surface area contributed by atoms with Crippen LogP contribution < -0.4 is 16.8 Å². The molecule has 0 bridgehead atoms. The van der Waals surface area contributed by atoms with Gasteiger partial charge in [-0.25, -0.2) is 4.79 Å². The SMILES string of the molecule is CCC(CC)C(O)CNc1cc2[nH]c(=O)oc2cc1N. The van der Waals surface area contributed by atoms with Gasteiger partial charge in [0.25, 0.3) is 0 Å². The molecule has 0 amide bonds. The summed E-state index contributed by atoms with van der Waals surface area (Å²) in [5, 5.41) is 13.2. The number of aliphatic hydroxyl groups excluding tert-OH is 1. The van der Waals surface area contributed by atoms with Gasteiger partial charge in [-0.05, 0) is 12.0 Å². The topological polar surface area (TPSA) is 104 Å². The van der Waals surface area contributed by atoms with Gasteiger partial charge in [-0.15, -0.1) is 0 Å². The first-order valence-corrected chi connectivity index (χ1v) is 6.89. The molecule has 2 aromatic rings. The van der Waals surface area contributed by atoms with Crippen molar-refractivity contribution in [1.82, 2.24) is 4.98 Å². The molecule has 1 atom stereocenters. The fourth-order valence-electron chi connectivity index (χ4n) is 2.38. The summed E-state index contributed by atoms with van der Waals surface area (Å²) < 4.78 is 4.93. The van der Waals surface area contributed by atoms with Crippen LogP contribution in [0.5, 0.6) is 0 Å². The van der Waals surface area contributed by atoms with Crippen molar-refractivity contribution < 1.29 is 9.52 Å². The van der Waals surface area contributed by atoms with Crippen LogP contribution in [0.2, 0.25) is 0 Å². The van der Waals surface area contributed by atoms with E-state index in [1.165, 1.54) is 0 Å². The maximum Gasteiger partial charge on any atom is 0.417 e. The Morgan fingerprint density at radius 1 is 1.40 bits per heavy atom. The van der Waals surface area contributed by atoms with Crippen LogP contribution in [0.1, 0.15) is 26.7 Å². The molecule has 1 aromatic carbocycles. The molecule has 110 valence electrons. The van der Waals surface area contributed by atoms with E-state index in [9.17, 15) is 9.90 Å². The van der Waals surface area contributed by atoms with E-state index >= 15 is 0 Å². The number of nitrogens with two attached hydrogens (primary N) is 1. The standard InChI is InChI=1S/C14H21N3O3/c1-3-8(4-2)12(18)7-16-10-6-11-13(5-9(10)15)20-14(19)17-11/h5-6,8,12,16,18H,3-4,7,15H2,1-2H3,(H,17,19). The minimum atomic E-state index is -0.506. The van der Waals surface area contributed by atoms with E-state index in [1.807, 2.05) is 0 Å². The maximum absolute atomic E-state index is 11.1. The predicted molar refractivity (Wildman–Crippen MR) is 79.8 cm³/mol. The lowest BCUT2D eigenvalue weighted by molar-refractivity contribution is 0.114. The Balaban J connectivity index is 2.13. The molecular weight excluding hydrogens is 258 g/mol. The van der Waals surface area contributed by atoms with Crippen molar-refractivity contribution in [1.29, 1.82) is 0 Å². The number of benzene rings is 1. The summed E-state index contributed by atoms with van der Waals surface area (Å²) in [5.74, 6) is -0.241. The van der Waals surface area contributed by atoms with Gasteiger partial charge < -0.3 is 20.6 Å². The highest BCUT2D eigenvalue weighted by Crippen LogP contribution is 2.25. The lowest BCUT2D eigenvalue weighted by atomic mass is 9.96. The molecule has 1 unspecified atom stereocenters. The van der Waals surface area contributed by atoms with Gasteiger partial charge in [0.05, 0.1) is 23.0 Å². The summed E-state index contributed by atoms with van der Waals surface area (Å²) in [6, 6.07) is 3.31. The van der Waals surface area contributed by atoms with Crippen molar-refractivity contribution in [2.45, 2.75) is 32.8 Å². The highest BCUT2D eigenvalue weighted by molar-refractivity contribution is 5.85. The van der Waals surface area contributed by atoms with Crippen molar-refractivity contribution in [3.8, 4) is 0 Å². The van der Waals surface area contributed by atoms with Crippen LogP contribution in [-0.4, -0.2) is 22.7 Å². The van der Waals surface area contributed by atoms with Crippen LogP contribution in [0.3, 0.4) is 0 Å². The number of hydrogen-bond acceptors (Lipinski definition) is 5. The summed E-state index contributed by atoms with van der Waals surface area (Å²) in [7, 11) is 0. The van der Waals surface area contributed by atoms with E-state index in [4.69, 9.17) is 10.2 Å². The van der Waals surface area contributed by atoms with Crippen LogP contribution in [0.15, 0.2) is 21.3 Å². The van der Waals surface area contributed by atoms with Gasteiger partial charge in [0, 0.05) is 12.6 Å². The number of aliphatic hydroxyl groups is 1. The summed E-state index contributed by atoms with van der Waals surface area (Å²) >= 11 is 0. The van der Waals surface area contributed by atoms with Crippen LogP contribution in [0.4, 0.5) is 11.4 Å². The van der Waals surface area contributed by atoms with Gasteiger partial charge in [-0.3, -0.25) is 4.98 Å². The second-order valence-electron chi connectivity index (χ2n) is 4.97. The fourth-order valence-corrected chi connectivity index (χ4v) is 2.38. The highest BCUT2D eigenvalue weighted by atomic mass is 16.4.